The van der Waals surface area contributed by atoms with Crippen molar-refractivity contribution in [3.63, 3.8) is 0 Å². The van der Waals surface area contributed by atoms with Gasteiger partial charge >= 0.3 is 5.97 Å². The van der Waals surface area contributed by atoms with Gasteiger partial charge in [0, 0.05) is 10.2 Å². The molecule has 1 N–H and O–H groups in total. The molecule has 4 nitrogen and oxygen atoms in total. The van der Waals surface area contributed by atoms with Crippen LogP contribution in [0.25, 0.3) is 0 Å². The number of amides is 1. The highest BCUT2D eigenvalue weighted by Crippen LogP contribution is 2.42. The lowest BCUT2D eigenvalue weighted by Crippen LogP contribution is -2.39. The number of anilines is 1. The molecule has 0 unspecified atom stereocenters. The van der Waals surface area contributed by atoms with Gasteiger partial charge in [0.2, 0.25) is 5.91 Å². The summed E-state index contributed by atoms with van der Waals surface area (Å²) in [5.74, 6) is -1.19. The number of hydrogen-bond donors (Lipinski definition) is 1. The fourth-order valence-corrected chi connectivity index (χ4v) is 2.46. The number of halogens is 1. The van der Waals surface area contributed by atoms with E-state index in [0.29, 0.717) is 5.69 Å². The van der Waals surface area contributed by atoms with E-state index in [4.69, 9.17) is 5.11 Å². The molecular weight excluding hydrogens is 286 g/mol. The van der Waals surface area contributed by atoms with Gasteiger partial charge in [-0.25, -0.2) is 0 Å². The third kappa shape index (κ3) is 1.84. The second-order valence-electron chi connectivity index (χ2n) is 4.57. The van der Waals surface area contributed by atoms with Crippen LogP contribution >= 0.6 is 15.9 Å². The number of aliphatic carboxylic acids is 1. The van der Waals surface area contributed by atoms with E-state index in [2.05, 4.69) is 15.9 Å². The Morgan fingerprint density at radius 1 is 1.47 bits per heavy atom. The lowest BCUT2D eigenvalue weighted by atomic mass is 9.86. The van der Waals surface area contributed by atoms with Crippen molar-refractivity contribution in [2.24, 2.45) is 0 Å². The Morgan fingerprint density at radius 2 is 2.12 bits per heavy atom. The molecule has 5 heteroatoms. The van der Waals surface area contributed by atoms with Gasteiger partial charge in [0.05, 0.1) is 5.41 Å². The molecule has 0 spiro atoms. The van der Waals surface area contributed by atoms with Crippen LogP contribution in [-0.4, -0.2) is 23.5 Å². The maximum atomic E-state index is 12.2. The zero-order chi connectivity index (χ0) is 12.8. The Bertz CT molecular complexity index is 510. The van der Waals surface area contributed by atoms with Gasteiger partial charge in [-0.15, -0.1) is 0 Å². The number of hydrogen-bond acceptors (Lipinski definition) is 2. The molecule has 17 heavy (non-hydrogen) atoms. The predicted molar refractivity (Wildman–Crippen MR) is 67.2 cm³/mol. The number of carboxylic acid groups (broad SMARTS) is 1. The summed E-state index contributed by atoms with van der Waals surface area (Å²) < 4.78 is 0.831. The molecule has 0 aromatic heterocycles. The van der Waals surface area contributed by atoms with Gasteiger partial charge < -0.3 is 10.0 Å². The molecule has 1 aliphatic heterocycles. The molecule has 1 aliphatic rings. The average Bonchev–Trinajstić information content (AvgIpc) is 2.39. The molecule has 1 aromatic rings. The summed E-state index contributed by atoms with van der Waals surface area (Å²) in [7, 11) is 0. The van der Waals surface area contributed by atoms with Crippen LogP contribution in [0, 0.1) is 0 Å². The zero-order valence-electron chi connectivity index (χ0n) is 9.53. The summed E-state index contributed by atoms with van der Waals surface area (Å²) in [5.41, 5.74) is 0.884. The van der Waals surface area contributed by atoms with E-state index in [1.807, 2.05) is 26.0 Å². The smallest absolute Gasteiger partial charge is 0.323 e. The molecular formula is C12H12BrNO3. The van der Waals surface area contributed by atoms with Crippen molar-refractivity contribution in [3.05, 3.63) is 28.2 Å². The number of rotatable bonds is 2. The van der Waals surface area contributed by atoms with Crippen molar-refractivity contribution in [2.75, 3.05) is 11.4 Å². The third-order valence-corrected chi connectivity index (χ3v) is 3.49. The molecule has 0 radical (unpaired) electrons. The molecule has 0 aliphatic carbocycles. The van der Waals surface area contributed by atoms with Crippen molar-refractivity contribution in [2.45, 2.75) is 19.3 Å². The molecule has 0 bridgehead atoms. The van der Waals surface area contributed by atoms with Crippen LogP contribution in [0.15, 0.2) is 22.7 Å². The molecule has 0 atom stereocenters. The molecule has 1 amide bonds. The van der Waals surface area contributed by atoms with E-state index in [1.165, 1.54) is 4.90 Å². The predicted octanol–water partition coefficient (Wildman–Crippen LogP) is 2.16. The number of carboxylic acids is 1. The Hall–Kier alpha value is -1.36. The van der Waals surface area contributed by atoms with Crippen LogP contribution in [0.1, 0.15) is 19.4 Å². The summed E-state index contributed by atoms with van der Waals surface area (Å²) in [6.45, 7) is 3.32. The maximum absolute atomic E-state index is 12.2. The highest BCUT2D eigenvalue weighted by Gasteiger charge is 2.44. The average molecular weight is 298 g/mol. The van der Waals surface area contributed by atoms with Crippen molar-refractivity contribution >= 4 is 33.5 Å². The molecule has 1 heterocycles. The van der Waals surface area contributed by atoms with E-state index in [-0.39, 0.29) is 12.5 Å². The van der Waals surface area contributed by atoms with Crippen molar-refractivity contribution < 1.29 is 14.7 Å². The monoisotopic (exact) mass is 297 g/mol. The van der Waals surface area contributed by atoms with Crippen LogP contribution in [0.4, 0.5) is 5.69 Å². The van der Waals surface area contributed by atoms with Crippen molar-refractivity contribution in [1.29, 1.82) is 0 Å². The fraction of sp³-hybridized carbons (Fsp3) is 0.333. The zero-order valence-corrected chi connectivity index (χ0v) is 11.1. The number of carbonyl (C=O) groups excluding carboxylic acids is 1. The molecule has 2 rings (SSSR count). The van der Waals surface area contributed by atoms with E-state index in [9.17, 15) is 9.59 Å². The van der Waals surface area contributed by atoms with Gasteiger partial charge in [0.25, 0.3) is 0 Å². The van der Waals surface area contributed by atoms with Gasteiger partial charge in [0.15, 0.2) is 0 Å². The van der Waals surface area contributed by atoms with Gasteiger partial charge in [-0.1, -0.05) is 22.0 Å². The molecule has 1 aromatic carbocycles. The first-order valence-corrected chi connectivity index (χ1v) is 5.97. The third-order valence-electron chi connectivity index (χ3n) is 3.00. The maximum Gasteiger partial charge on any atom is 0.323 e. The topological polar surface area (TPSA) is 57.6 Å². The first-order valence-electron chi connectivity index (χ1n) is 5.18. The van der Waals surface area contributed by atoms with Crippen LogP contribution in [0.2, 0.25) is 0 Å². The van der Waals surface area contributed by atoms with Crippen LogP contribution < -0.4 is 4.90 Å². The lowest BCUT2D eigenvalue weighted by molar-refractivity contribution is -0.137. The standard InChI is InChI=1S/C12H12BrNO3/c1-12(2)8-4-3-7(13)5-9(8)14(11(12)17)6-10(15)16/h3-5H,6H2,1-2H3,(H,15,16). The molecule has 0 saturated heterocycles. The minimum absolute atomic E-state index is 0.173. The van der Waals surface area contributed by atoms with Crippen molar-refractivity contribution in [3.8, 4) is 0 Å². The lowest BCUT2D eigenvalue weighted by Gasteiger charge is -2.18. The summed E-state index contributed by atoms with van der Waals surface area (Å²) >= 11 is 3.33. The first kappa shape index (κ1) is 12.1. The Kier molecular flexibility index (Phi) is 2.73. The number of carbonyl (C=O) groups is 2. The minimum Gasteiger partial charge on any atom is -0.480 e. The Labute approximate surface area is 107 Å². The number of nitrogens with zero attached hydrogens (tertiary/aromatic N) is 1. The van der Waals surface area contributed by atoms with Crippen molar-refractivity contribution in [1.82, 2.24) is 0 Å². The summed E-state index contributed by atoms with van der Waals surface area (Å²) in [4.78, 5) is 24.3. The number of fused-ring (bicyclic) bond motifs is 1. The van der Waals surface area contributed by atoms with E-state index in [0.717, 1.165) is 10.0 Å². The van der Waals surface area contributed by atoms with Crippen LogP contribution in [0.5, 0.6) is 0 Å². The fourth-order valence-electron chi connectivity index (χ4n) is 2.11. The summed E-state index contributed by atoms with van der Waals surface area (Å²) in [6.07, 6.45) is 0. The van der Waals surface area contributed by atoms with E-state index in [1.54, 1.807) is 6.07 Å². The SMILES string of the molecule is CC1(C)C(=O)N(CC(=O)O)c2cc(Br)ccc21. The second kappa shape index (κ2) is 3.84. The first-order chi connectivity index (χ1) is 7.84. The quantitative estimate of drug-likeness (QED) is 0.910. The molecule has 0 fully saturated rings. The normalized spacial score (nSPS) is 17.1. The minimum atomic E-state index is -1.01. The number of benzene rings is 1. The Balaban J connectivity index is 2.56. The van der Waals surface area contributed by atoms with E-state index < -0.39 is 11.4 Å². The summed E-state index contributed by atoms with van der Waals surface area (Å²) in [6, 6.07) is 5.50. The highest BCUT2D eigenvalue weighted by molar-refractivity contribution is 9.10. The highest BCUT2D eigenvalue weighted by atomic mass is 79.9. The molecule has 0 saturated carbocycles. The van der Waals surface area contributed by atoms with Gasteiger partial charge in [-0.05, 0) is 31.5 Å². The molecule has 90 valence electrons. The van der Waals surface area contributed by atoms with Crippen LogP contribution in [0.3, 0.4) is 0 Å². The van der Waals surface area contributed by atoms with Crippen LogP contribution in [-0.2, 0) is 15.0 Å². The van der Waals surface area contributed by atoms with Gasteiger partial charge in [0.1, 0.15) is 6.54 Å². The van der Waals surface area contributed by atoms with E-state index >= 15 is 0 Å². The largest absolute Gasteiger partial charge is 0.480 e. The van der Waals surface area contributed by atoms with Gasteiger partial charge in [-0.2, -0.15) is 0 Å². The second-order valence-corrected chi connectivity index (χ2v) is 5.49. The summed E-state index contributed by atoms with van der Waals surface area (Å²) in [5, 5.41) is 8.85. The van der Waals surface area contributed by atoms with Gasteiger partial charge in [-0.3, -0.25) is 9.59 Å². The Morgan fingerprint density at radius 3 is 2.71 bits per heavy atom.